The van der Waals surface area contributed by atoms with Crippen molar-refractivity contribution in [3.63, 3.8) is 0 Å². The van der Waals surface area contributed by atoms with Crippen molar-refractivity contribution in [2.24, 2.45) is 0 Å². The molecule has 1 aromatic rings. The monoisotopic (exact) mass is 213 g/mol. The maximum atomic E-state index is 13.3. The maximum absolute atomic E-state index is 13.3. The third-order valence-corrected chi connectivity index (χ3v) is 2.20. The van der Waals surface area contributed by atoms with Crippen LogP contribution in [-0.2, 0) is 11.3 Å². The Morgan fingerprint density at radius 3 is 2.73 bits per heavy atom. The molecule has 0 spiro atoms. The number of halogens is 1. The Hall–Kier alpha value is -1.32. The molecule has 0 saturated heterocycles. The number of carboxylic acids is 1. The molecule has 0 radical (unpaired) electrons. The van der Waals surface area contributed by atoms with Gasteiger partial charge in [0.05, 0.1) is 12.5 Å². The molecule has 1 unspecified atom stereocenters. The standard InChI is InChI=1S/C11H16FNO2/c1-8(10(14)15)9-4-5-13(6-9)7-11(2,3)12/h4-6,8H,7H2,1-3H3,(H,14,15). The third kappa shape index (κ3) is 3.38. The maximum Gasteiger partial charge on any atom is 0.310 e. The minimum atomic E-state index is -1.29. The van der Waals surface area contributed by atoms with Gasteiger partial charge >= 0.3 is 5.97 Å². The van der Waals surface area contributed by atoms with Crippen molar-refractivity contribution in [2.45, 2.75) is 38.9 Å². The number of carbonyl (C=O) groups is 1. The number of nitrogens with zero attached hydrogens (tertiary/aromatic N) is 1. The summed E-state index contributed by atoms with van der Waals surface area (Å²) < 4.78 is 15.0. The number of alkyl halides is 1. The van der Waals surface area contributed by atoms with Crippen molar-refractivity contribution >= 4 is 5.97 Å². The summed E-state index contributed by atoms with van der Waals surface area (Å²) in [6.07, 6.45) is 3.39. The van der Waals surface area contributed by atoms with E-state index in [4.69, 9.17) is 5.11 Å². The molecule has 0 aliphatic rings. The van der Waals surface area contributed by atoms with E-state index in [9.17, 15) is 9.18 Å². The molecule has 1 N–H and O–H groups in total. The number of aliphatic carboxylic acids is 1. The van der Waals surface area contributed by atoms with Gasteiger partial charge in [-0.1, -0.05) is 0 Å². The van der Waals surface area contributed by atoms with E-state index in [1.54, 1.807) is 30.0 Å². The molecule has 0 aliphatic carbocycles. The van der Waals surface area contributed by atoms with Gasteiger partial charge in [-0.3, -0.25) is 4.79 Å². The van der Waals surface area contributed by atoms with Crippen molar-refractivity contribution in [1.29, 1.82) is 0 Å². The second kappa shape index (κ2) is 4.04. The van der Waals surface area contributed by atoms with Crippen LogP contribution < -0.4 is 0 Å². The highest BCUT2D eigenvalue weighted by molar-refractivity contribution is 5.75. The Bertz CT molecular complexity index is 352. The van der Waals surface area contributed by atoms with Crippen LogP contribution in [0.15, 0.2) is 18.5 Å². The van der Waals surface area contributed by atoms with Crippen LogP contribution in [0.4, 0.5) is 4.39 Å². The highest BCUT2D eigenvalue weighted by atomic mass is 19.1. The van der Waals surface area contributed by atoms with Gasteiger partial charge in [0.1, 0.15) is 5.67 Å². The van der Waals surface area contributed by atoms with Crippen LogP contribution in [0.3, 0.4) is 0 Å². The summed E-state index contributed by atoms with van der Waals surface area (Å²) in [7, 11) is 0. The first kappa shape index (κ1) is 11.8. The summed E-state index contributed by atoms with van der Waals surface area (Å²) in [5.41, 5.74) is -0.588. The first-order valence-electron chi connectivity index (χ1n) is 4.87. The average Bonchev–Trinajstić information content (AvgIpc) is 2.48. The Morgan fingerprint density at radius 2 is 2.27 bits per heavy atom. The number of aromatic nitrogens is 1. The Kier molecular flexibility index (Phi) is 3.17. The van der Waals surface area contributed by atoms with Crippen LogP contribution in [0, 0.1) is 0 Å². The smallest absolute Gasteiger partial charge is 0.310 e. The topological polar surface area (TPSA) is 42.2 Å². The number of hydrogen-bond acceptors (Lipinski definition) is 1. The minimum absolute atomic E-state index is 0.235. The largest absolute Gasteiger partial charge is 0.481 e. The van der Waals surface area contributed by atoms with E-state index in [-0.39, 0.29) is 6.54 Å². The lowest BCUT2D eigenvalue weighted by molar-refractivity contribution is -0.138. The van der Waals surface area contributed by atoms with E-state index in [0.717, 1.165) is 0 Å². The summed E-state index contributed by atoms with van der Waals surface area (Å²) >= 11 is 0. The van der Waals surface area contributed by atoms with Crippen LogP contribution >= 0.6 is 0 Å². The second-order valence-corrected chi connectivity index (χ2v) is 4.40. The molecule has 0 aliphatic heterocycles. The molecule has 1 rings (SSSR count). The molecule has 4 heteroatoms. The molecule has 0 bridgehead atoms. The van der Waals surface area contributed by atoms with Gasteiger partial charge < -0.3 is 9.67 Å². The Balaban J connectivity index is 2.77. The molecule has 0 saturated carbocycles. The van der Waals surface area contributed by atoms with Crippen LogP contribution in [0.1, 0.15) is 32.3 Å². The highest BCUT2D eigenvalue weighted by Gasteiger charge is 2.18. The SMILES string of the molecule is CC(C(=O)O)c1ccn(CC(C)(C)F)c1. The van der Waals surface area contributed by atoms with E-state index in [1.807, 2.05) is 0 Å². The van der Waals surface area contributed by atoms with E-state index in [0.29, 0.717) is 5.56 Å². The van der Waals surface area contributed by atoms with Gasteiger partial charge in [0.25, 0.3) is 0 Å². The van der Waals surface area contributed by atoms with Gasteiger partial charge in [0, 0.05) is 12.4 Å². The van der Waals surface area contributed by atoms with Crippen LogP contribution in [-0.4, -0.2) is 21.3 Å². The quantitative estimate of drug-likeness (QED) is 0.834. The zero-order valence-electron chi connectivity index (χ0n) is 9.20. The predicted octanol–water partition coefficient (Wildman–Crippen LogP) is 2.42. The van der Waals surface area contributed by atoms with Gasteiger partial charge in [-0.25, -0.2) is 4.39 Å². The highest BCUT2D eigenvalue weighted by Crippen LogP contribution is 2.18. The fraction of sp³-hybridized carbons (Fsp3) is 0.545. The number of rotatable bonds is 4. The molecule has 1 atom stereocenters. The van der Waals surface area contributed by atoms with Crippen molar-refractivity contribution in [2.75, 3.05) is 0 Å². The molecule has 84 valence electrons. The molecule has 0 aromatic carbocycles. The molecule has 3 nitrogen and oxygen atoms in total. The zero-order valence-corrected chi connectivity index (χ0v) is 9.20. The molecule has 1 aromatic heterocycles. The Morgan fingerprint density at radius 1 is 1.67 bits per heavy atom. The van der Waals surface area contributed by atoms with E-state index in [1.165, 1.54) is 13.8 Å². The summed E-state index contributed by atoms with van der Waals surface area (Å²) in [6, 6.07) is 1.71. The van der Waals surface area contributed by atoms with Gasteiger partial charge in [-0.15, -0.1) is 0 Å². The lowest BCUT2D eigenvalue weighted by Gasteiger charge is -2.14. The molecule has 0 fully saturated rings. The lowest BCUT2D eigenvalue weighted by Crippen LogP contribution is -2.19. The molecule has 0 amide bonds. The fourth-order valence-electron chi connectivity index (χ4n) is 1.39. The number of carboxylic acid groups (broad SMARTS) is 1. The van der Waals surface area contributed by atoms with Gasteiger partial charge in [-0.05, 0) is 32.4 Å². The summed E-state index contributed by atoms with van der Waals surface area (Å²) in [6.45, 7) is 4.84. The number of hydrogen-bond donors (Lipinski definition) is 1. The second-order valence-electron chi connectivity index (χ2n) is 4.40. The van der Waals surface area contributed by atoms with Crippen molar-refractivity contribution < 1.29 is 14.3 Å². The van der Waals surface area contributed by atoms with Crippen molar-refractivity contribution in [1.82, 2.24) is 4.57 Å². The van der Waals surface area contributed by atoms with Gasteiger partial charge in [0.15, 0.2) is 0 Å². The normalized spacial score (nSPS) is 13.9. The van der Waals surface area contributed by atoms with Gasteiger partial charge in [-0.2, -0.15) is 0 Å². The van der Waals surface area contributed by atoms with Crippen molar-refractivity contribution in [3.05, 3.63) is 24.0 Å². The van der Waals surface area contributed by atoms with Crippen molar-refractivity contribution in [3.8, 4) is 0 Å². The van der Waals surface area contributed by atoms with E-state index in [2.05, 4.69) is 0 Å². The lowest BCUT2D eigenvalue weighted by atomic mass is 10.1. The fourth-order valence-corrected chi connectivity index (χ4v) is 1.39. The van der Waals surface area contributed by atoms with Crippen LogP contribution in [0.25, 0.3) is 0 Å². The summed E-state index contributed by atoms with van der Waals surface area (Å²) in [5, 5.41) is 8.79. The van der Waals surface area contributed by atoms with Crippen LogP contribution in [0.2, 0.25) is 0 Å². The summed E-state index contributed by atoms with van der Waals surface area (Å²) in [4.78, 5) is 10.7. The van der Waals surface area contributed by atoms with E-state index >= 15 is 0 Å². The van der Waals surface area contributed by atoms with Gasteiger partial charge in [0.2, 0.25) is 0 Å². The van der Waals surface area contributed by atoms with Crippen LogP contribution in [0.5, 0.6) is 0 Å². The zero-order chi connectivity index (χ0) is 11.6. The molecule has 15 heavy (non-hydrogen) atoms. The first-order chi connectivity index (χ1) is 6.79. The third-order valence-electron chi connectivity index (χ3n) is 2.20. The first-order valence-corrected chi connectivity index (χ1v) is 4.87. The minimum Gasteiger partial charge on any atom is -0.481 e. The molecular formula is C11H16FNO2. The van der Waals surface area contributed by atoms with E-state index < -0.39 is 17.6 Å². The Labute approximate surface area is 88.5 Å². The molecule has 1 heterocycles. The average molecular weight is 213 g/mol. The molecular weight excluding hydrogens is 197 g/mol. The summed E-state index contributed by atoms with van der Waals surface area (Å²) in [5.74, 6) is -1.42. The predicted molar refractivity (Wildman–Crippen MR) is 55.7 cm³/mol.